The van der Waals surface area contributed by atoms with Gasteiger partial charge in [-0.1, -0.05) is 13.8 Å². The van der Waals surface area contributed by atoms with E-state index >= 15 is 0 Å². The van der Waals surface area contributed by atoms with Crippen molar-refractivity contribution in [2.24, 2.45) is 40.2 Å². The van der Waals surface area contributed by atoms with E-state index in [0.717, 1.165) is 50.7 Å². The van der Waals surface area contributed by atoms with E-state index in [2.05, 4.69) is 13.8 Å². The molecule has 31 heavy (non-hydrogen) atoms. The molecule has 0 aromatic heterocycles. The van der Waals surface area contributed by atoms with Crippen LogP contribution >= 0.6 is 0 Å². The van der Waals surface area contributed by atoms with Gasteiger partial charge < -0.3 is 20.3 Å². The first-order valence-electron chi connectivity index (χ1n) is 12.7. The molecule has 0 aromatic carbocycles. The number of esters is 1. The van der Waals surface area contributed by atoms with Crippen molar-refractivity contribution in [2.75, 3.05) is 19.8 Å². The molecule has 5 heteroatoms. The maximum Gasteiger partial charge on any atom is 0.331 e. The summed E-state index contributed by atoms with van der Waals surface area (Å²) in [5.74, 6) is 1.76. The van der Waals surface area contributed by atoms with Gasteiger partial charge in [-0.15, -0.1) is 0 Å². The Morgan fingerprint density at radius 3 is 2.71 bits per heavy atom. The first kappa shape index (κ1) is 21.9. The van der Waals surface area contributed by atoms with Crippen LogP contribution in [-0.4, -0.2) is 42.5 Å². The highest BCUT2D eigenvalue weighted by molar-refractivity contribution is 5.85. The second kappa shape index (κ2) is 7.85. The van der Waals surface area contributed by atoms with Crippen LogP contribution in [0.4, 0.5) is 0 Å². The Hall–Kier alpha value is -0.910. The van der Waals surface area contributed by atoms with Crippen molar-refractivity contribution in [3.63, 3.8) is 0 Å². The first-order chi connectivity index (χ1) is 14.8. The maximum absolute atomic E-state index is 12.3. The molecule has 0 saturated heterocycles. The normalized spacial score (nSPS) is 49.1. The third-order valence-corrected chi connectivity index (χ3v) is 10.6. The van der Waals surface area contributed by atoms with Crippen LogP contribution in [0.1, 0.15) is 78.1 Å². The van der Waals surface area contributed by atoms with Crippen LogP contribution < -0.4 is 5.73 Å². The van der Waals surface area contributed by atoms with E-state index in [0.29, 0.717) is 42.4 Å². The fourth-order valence-electron chi connectivity index (χ4n) is 8.86. The number of hydrogen-bond acceptors (Lipinski definition) is 5. The zero-order valence-corrected chi connectivity index (χ0v) is 19.4. The molecule has 4 saturated carbocycles. The van der Waals surface area contributed by atoms with Gasteiger partial charge >= 0.3 is 5.97 Å². The van der Waals surface area contributed by atoms with Crippen molar-refractivity contribution >= 4 is 5.97 Å². The molecule has 5 rings (SSSR count). The van der Waals surface area contributed by atoms with Gasteiger partial charge in [0.25, 0.3) is 0 Å². The molecule has 0 spiro atoms. The van der Waals surface area contributed by atoms with E-state index in [1.807, 2.05) is 0 Å². The van der Waals surface area contributed by atoms with Crippen LogP contribution in [0.15, 0.2) is 11.6 Å². The quantitative estimate of drug-likeness (QED) is 0.508. The number of rotatable bonds is 5. The third kappa shape index (κ3) is 3.25. The highest BCUT2D eigenvalue weighted by Crippen LogP contribution is 2.69. The Bertz CT molecular complexity index is 752. The van der Waals surface area contributed by atoms with E-state index in [9.17, 15) is 9.90 Å². The zero-order valence-electron chi connectivity index (χ0n) is 19.4. The van der Waals surface area contributed by atoms with E-state index in [4.69, 9.17) is 15.2 Å². The van der Waals surface area contributed by atoms with Crippen molar-refractivity contribution in [3.05, 3.63) is 11.6 Å². The monoisotopic (exact) mass is 431 g/mol. The molecule has 1 aliphatic heterocycles. The second-order valence-electron chi connectivity index (χ2n) is 11.7. The number of cyclic esters (lactones) is 1. The molecule has 1 heterocycles. The van der Waals surface area contributed by atoms with Gasteiger partial charge in [-0.2, -0.15) is 0 Å². The maximum atomic E-state index is 12.3. The fraction of sp³-hybridized carbons (Fsp3) is 0.885. The topological polar surface area (TPSA) is 81.8 Å². The highest BCUT2D eigenvalue weighted by atomic mass is 16.5. The summed E-state index contributed by atoms with van der Waals surface area (Å²) in [6.07, 6.45) is 13.0. The van der Waals surface area contributed by atoms with Crippen molar-refractivity contribution in [1.82, 2.24) is 0 Å². The van der Waals surface area contributed by atoms with Gasteiger partial charge in [0, 0.05) is 18.1 Å². The molecule has 0 radical (unpaired) electrons. The predicted octanol–water partition coefficient (Wildman–Crippen LogP) is 3.98. The molecule has 5 nitrogen and oxygen atoms in total. The van der Waals surface area contributed by atoms with E-state index < -0.39 is 5.60 Å². The number of nitrogens with two attached hydrogens (primary N) is 1. The van der Waals surface area contributed by atoms with Crippen molar-refractivity contribution in [1.29, 1.82) is 0 Å². The first-order valence-corrected chi connectivity index (χ1v) is 12.7. The van der Waals surface area contributed by atoms with Crippen molar-refractivity contribution < 1.29 is 19.4 Å². The molecular weight excluding hydrogens is 390 g/mol. The standard InChI is InChI=1S/C26H41NO4/c1-24-9-6-19(30-13-3-12-27)15-18(24)4-5-22-21(24)7-10-25(2)20(8-11-26(22,25)29)17-14-23(28)31-16-17/h14,18-22,29H,3-13,15-16,27H2,1-2H3/t18-,19+,20-,21+,22-,24+,25-,26+/m1/s1. The van der Waals surface area contributed by atoms with Crippen LogP contribution in [0, 0.1) is 34.5 Å². The summed E-state index contributed by atoms with van der Waals surface area (Å²) >= 11 is 0. The lowest BCUT2D eigenvalue weighted by Crippen LogP contribution is -2.62. The minimum atomic E-state index is -0.616. The SMILES string of the molecule is C[C@]12CC[C@H](OCCCN)C[C@H]1CC[C@@H]1[C@@H]2CC[C@]2(C)[C@@H](C3=CC(=O)OC3)CC[C@]12O. The zero-order chi connectivity index (χ0) is 21.9. The minimum absolute atomic E-state index is 0.139. The third-order valence-electron chi connectivity index (χ3n) is 10.6. The number of hydrogen-bond donors (Lipinski definition) is 2. The van der Waals surface area contributed by atoms with Crippen molar-refractivity contribution in [2.45, 2.75) is 89.8 Å². The highest BCUT2D eigenvalue weighted by Gasteiger charge is 2.67. The lowest BCUT2D eigenvalue weighted by atomic mass is 9.43. The van der Waals surface area contributed by atoms with Gasteiger partial charge in [0.15, 0.2) is 0 Å². The molecule has 0 bridgehead atoms. The summed E-state index contributed by atoms with van der Waals surface area (Å²) < 4.78 is 11.4. The van der Waals surface area contributed by atoms with Gasteiger partial charge in [-0.3, -0.25) is 0 Å². The summed E-state index contributed by atoms with van der Waals surface area (Å²) in [4.78, 5) is 11.7. The van der Waals surface area contributed by atoms with Gasteiger partial charge in [-0.05, 0) is 105 Å². The van der Waals surface area contributed by atoms with Crippen LogP contribution in [0.3, 0.4) is 0 Å². The van der Waals surface area contributed by atoms with E-state index in [1.54, 1.807) is 6.08 Å². The Morgan fingerprint density at radius 2 is 1.97 bits per heavy atom. The fourth-order valence-corrected chi connectivity index (χ4v) is 8.86. The average molecular weight is 432 g/mol. The molecule has 0 amide bonds. The molecule has 8 atom stereocenters. The number of ether oxygens (including phenoxy) is 2. The summed E-state index contributed by atoms with van der Waals surface area (Å²) in [7, 11) is 0. The Balaban J connectivity index is 1.34. The van der Waals surface area contributed by atoms with Gasteiger partial charge in [0.2, 0.25) is 0 Å². The predicted molar refractivity (Wildman–Crippen MR) is 119 cm³/mol. The largest absolute Gasteiger partial charge is 0.458 e. The van der Waals surface area contributed by atoms with Gasteiger partial charge in [0.05, 0.1) is 11.7 Å². The molecule has 5 aliphatic rings. The number of carbonyl (C=O) groups excluding carboxylic acids is 1. The molecule has 174 valence electrons. The number of aliphatic hydroxyl groups is 1. The molecule has 0 aromatic rings. The van der Waals surface area contributed by atoms with Crippen LogP contribution in [0.2, 0.25) is 0 Å². The van der Waals surface area contributed by atoms with Gasteiger partial charge in [0.1, 0.15) is 6.61 Å². The Morgan fingerprint density at radius 1 is 1.13 bits per heavy atom. The smallest absolute Gasteiger partial charge is 0.331 e. The van der Waals surface area contributed by atoms with E-state index in [-0.39, 0.29) is 17.3 Å². The second-order valence-corrected chi connectivity index (χ2v) is 11.7. The summed E-state index contributed by atoms with van der Waals surface area (Å²) in [6, 6.07) is 0. The number of carbonyl (C=O) groups is 1. The Kier molecular flexibility index (Phi) is 5.55. The molecule has 4 aliphatic carbocycles. The van der Waals surface area contributed by atoms with Crippen LogP contribution in [0.5, 0.6) is 0 Å². The summed E-state index contributed by atoms with van der Waals surface area (Å²) in [6.45, 7) is 6.75. The van der Waals surface area contributed by atoms with E-state index in [1.165, 1.54) is 25.7 Å². The number of fused-ring (bicyclic) bond motifs is 5. The van der Waals surface area contributed by atoms with Crippen LogP contribution in [0.25, 0.3) is 0 Å². The lowest BCUT2D eigenvalue weighted by molar-refractivity contribution is -0.209. The molecular formula is C26H41NO4. The van der Waals surface area contributed by atoms with Crippen LogP contribution in [-0.2, 0) is 14.3 Å². The summed E-state index contributed by atoms with van der Waals surface area (Å²) in [5, 5.41) is 12.3. The minimum Gasteiger partial charge on any atom is -0.458 e. The Labute approximate surface area is 187 Å². The lowest BCUT2D eigenvalue weighted by Gasteiger charge is -2.63. The van der Waals surface area contributed by atoms with Crippen molar-refractivity contribution in [3.8, 4) is 0 Å². The molecule has 3 N–H and O–H groups in total. The van der Waals surface area contributed by atoms with Gasteiger partial charge in [-0.25, -0.2) is 4.79 Å². The molecule has 4 fully saturated rings. The average Bonchev–Trinajstić information content (AvgIpc) is 3.28. The molecule has 0 unspecified atom stereocenters. The summed E-state index contributed by atoms with van der Waals surface area (Å²) in [5.41, 5.74) is 6.32.